The molecule has 2 aromatic carbocycles. The number of aromatic nitrogens is 2. The summed E-state index contributed by atoms with van der Waals surface area (Å²) in [5.41, 5.74) is 2.17. The molecule has 0 bridgehead atoms. The summed E-state index contributed by atoms with van der Waals surface area (Å²) in [5, 5.41) is 1.15. The summed E-state index contributed by atoms with van der Waals surface area (Å²) >= 11 is 0. The van der Waals surface area contributed by atoms with Crippen LogP contribution in [0.2, 0.25) is 0 Å². The first kappa shape index (κ1) is 15.8. The Morgan fingerprint density at radius 2 is 1.60 bits per heavy atom. The van der Waals surface area contributed by atoms with Crippen molar-refractivity contribution in [3.63, 3.8) is 0 Å². The maximum absolute atomic E-state index is 4.89. The van der Waals surface area contributed by atoms with Gasteiger partial charge in [-0.25, -0.2) is 9.97 Å². The van der Waals surface area contributed by atoms with Crippen LogP contribution >= 0.6 is 0 Å². The van der Waals surface area contributed by atoms with E-state index in [1.54, 1.807) is 0 Å². The second kappa shape index (κ2) is 7.06. The summed E-state index contributed by atoms with van der Waals surface area (Å²) in [5.74, 6) is 2.66. The van der Waals surface area contributed by atoms with Gasteiger partial charge < -0.3 is 4.90 Å². The molecule has 2 heterocycles. The van der Waals surface area contributed by atoms with E-state index in [0.29, 0.717) is 0 Å². The van der Waals surface area contributed by atoms with Crippen molar-refractivity contribution in [1.82, 2.24) is 9.97 Å². The van der Waals surface area contributed by atoms with Gasteiger partial charge in [-0.15, -0.1) is 0 Å². The molecule has 25 heavy (non-hydrogen) atoms. The Hall–Kier alpha value is -2.68. The Kier molecular flexibility index (Phi) is 4.47. The Morgan fingerprint density at radius 3 is 2.40 bits per heavy atom. The molecular weight excluding hydrogens is 306 g/mol. The minimum atomic E-state index is 0.774. The van der Waals surface area contributed by atoms with E-state index in [2.05, 4.69) is 48.2 Å². The fourth-order valence-corrected chi connectivity index (χ4v) is 3.35. The molecule has 1 aliphatic rings. The lowest BCUT2D eigenvalue weighted by Gasteiger charge is -2.32. The third-order valence-corrected chi connectivity index (χ3v) is 4.91. The highest BCUT2D eigenvalue weighted by Gasteiger charge is 2.19. The predicted molar refractivity (Wildman–Crippen MR) is 106 cm³/mol. The third-order valence-electron chi connectivity index (χ3n) is 4.91. The van der Waals surface area contributed by atoms with Gasteiger partial charge in [0, 0.05) is 18.5 Å². The second-order valence-corrected chi connectivity index (χ2v) is 6.84. The molecule has 0 aliphatic carbocycles. The molecular formula is C22H23N3. The zero-order chi connectivity index (χ0) is 17.1. The fourth-order valence-electron chi connectivity index (χ4n) is 3.35. The maximum atomic E-state index is 4.89. The average molecular weight is 329 g/mol. The monoisotopic (exact) mass is 329 g/mol. The van der Waals surface area contributed by atoms with Gasteiger partial charge in [0.2, 0.25) is 0 Å². The van der Waals surface area contributed by atoms with Gasteiger partial charge in [0.25, 0.3) is 0 Å². The number of anilines is 1. The Balaban J connectivity index is 1.72. The van der Waals surface area contributed by atoms with E-state index in [9.17, 15) is 0 Å². The van der Waals surface area contributed by atoms with Gasteiger partial charge in [-0.2, -0.15) is 0 Å². The minimum absolute atomic E-state index is 0.774. The third kappa shape index (κ3) is 3.55. The number of fused-ring (bicyclic) bond motifs is 1. The zero-order valence-electron chi connectivity index (χ0n) is 14.6. The van der Waals surface area contributed by atoms with Gasteiger partial charge in [0.05, 0.1) is 5.52 Å². The average Bonchev–Trinajstić information content (AvgIpc) is 2.67. The lowest BCUT2D eigenvalue weighted by Crippen LogP contribution is -2.33. The molecule has 0 unspecified atom stereocenters. The van der Waals surface area contributed by atoms with Crippen LogP contribution in [0.15, 0.2) is 54.6 Å². The summed E-state index contributed by atoms with van der Waals surface area (Å²) in [6, 6.07) is 18.6. The van der Waals surface area contributed by atoms with Gasteiger partial charge in [-0.05, 0) is 42.5 Å². The number of rotatable bonds is 3. The summed E-state index contributed by atoms with van der Waals surface area (Å²) < 4.78 is 0. The summed E-state index contributed by atoms with van der Waals surface area (Å²) in [7, 11) is 0. The van der Waals surface area contributed by atoms with Gasteiger partial charge in [-0.1, -0.05) is 55.5 Å². The molecule has 4 rings (SSSR count). The van der Waals surface area contributed by atoms with Crippen molar-refractivity contribution in [3.8, 4) is 0 Å². The highest BCUT2D eigenvalue weighted by atomic mass is 15.2. The molecule has 1 fully saturated rings. The predicted octanol–water partition coefficient (Wildman–Crippen LogP) is 5.04. The molecule has 3 aromatic rings. The van der Waals surface area contributed by atoms with Crippen LogP contribution in [0, 0.1) is 5.92 Å². The van der Waals surface area contributed by atoms with Gasteiger partial charge >= 0.3 is 0 Å². The van der Waals surface area contributed by atoms with Crippen LogP contribution in [0.4, 0.5) is 5.82 Å². The van der Waals surface area contributed by atoms with Crippen LogP contribution < -0.4 is 4.90 Å². The smallest absolute Gasteiger partial charge is 0.154 e. The normalized spacial score (nSPS) is 16.0. The number of hydrogen-bond acceptors (Lipinski definition) is 3. The number of nitrogens with zero attached hydrogens (tertiary/aromatic N) is 3. The van der Waals surface area contributed by atoms with Crippen molar-refractivity contribution < 1.29 is 0 Å². The van der Waals surface area contributed by atoms with Crippen LogP contribution in [-0.4, -0.2) is 23.1 Å². The maximum Gasteiger partial charge on any atom is 0.154 e. The molecule has 0 atom stereocenters. The molecule has 3 heteroatoms. The highest BCUT2D eigenvalue weighted by molar-refractivity contribution is 5.90. The van der Waals surface area contributed by atoms with Gasteiger partial charge in [0.15, 0.2) is 5.82 Å². The van der Waals surface area contributed by atoms with E-state index in [4.69, 9.17) is 9.97 Å². The van der Waals surface area contributed by atoms with E-state index >= 15 is 0 Å². The number of benzene rings is 2. The first-order valence-corrected chi connectivity index (χ1v) is 9.04. The molecule has 0 N–H and O–H groups in total. The SMILES string of the molecule is CC1CCN(c2nc(/C=C/c3ccccc3)nc3ccccc23)CC1. The molecule has 3 nitrogen and oxygen atoms in total. The van der Waals surface area contributed by atoms with Crippen molar-refractivity contribution in [3.05, 3.63) is 66.0 Å². The number of hydrogen-bond donors (Lipinski definition) is 0. The topological polar surface area (TPSA) is 29.0 Å². The summed E-state index contributed by atoms with van der Waals surface area (Å²) in [4.78, 5) is 12.0. The molecule has 126 valence electrons. The van der Waals surface area contributed by atoms with Crippen molar-refractivity contribution in [1.29, 1.82) is 0 Å². The molecule has 0 saturated carbocycles. The largest absolute Gasteiger partial charge is 0.356 e. The molecule has 0 spiro atoms. The highest BCUT2D eigenvalue weighted by Crippen LogP contribution is 2.28. The quantitative estimate of drug-likeness (QED) is 0.674. The van der Waals surface area contributed by atoms with Crippen molar-refractivity contribution in [2.24, 2.45) is 5.92 Å². The van der Waals surface area contributed by atoms with Crippen molar-refractivity contribution >= 4 is 28.9 Å². The molecule has 1 aliphatic heterocycles. The van der Waals surface area contributed by atoms with E-state index in [1.807, 2.05) is 30.3 Å². The van der Waals surface area contributed by atoms with Gasteiger partial charge in [-0.3, -0.25) is 0 Å². The fraction of sp³-hybridized carbons (Fsp3) is 0.273. The van der Waals surface area contributed by atoms with Crippen LogP contribution in [0.1, 0.15) is 31.2 Å². The minimum Gasteiger partial charge on any atom is -0.356 e. The molecule has 0 radical (unpaired) electrons. The Bertz CT molecular complexity index is 878. The van der Waals surface area contributed by atoms with Crippen LogP contribution in [0.3, 0.4) is 0 Å². The van der Waals surface area contributed by atoms with E-state index < -0.39 is 0 Å². The van der Waals surface area contributed by atoms with Gasteiger partial charge in [0.1, 0.15) is 5.82 Å². The van der Waals surface area contributed by atoms with Crippen molar-refractivity contribution in [2.75, 3.05) is 18.0 Å². The molecule has 1 aromatic heterocycles. The summed E-state index contributed by atoms with van der Waals surface area (Å²) in [6.45, 7) is 4.48. The Morgan fingerprint density at radius 1 is 0.880 bits per heavy atom. The van der Waals surface area contributed by atoms with E-state index in [0.717, 1.165) is 47.1 Å². The van der Waals surface area contributed by atoms with Crippen LogP contribution in [0.25, 0.3) is 23.1 Å². The number of piperidine rings is 1. The van der Waals surface area contributed by atoms with E-state index in [-0.39, 0.29) is 0 Å². The summed E-state index contributed by atoms with van der Waals surface area (Å²) in [6.07, 6.45) is 6.55. The van der Waals surface area contributed by atoms with Crippen molar-refractivity contribution in [2.45, 2.75) is 19.8 Å². The standard InChI is InChI=1S/C22H23N3/c1-17-13-15-25(16-14-17)22-19-9-5-6-10-20(19)23-21(24-22)12-11-18-7-3-2-4-8-18/h2-12,17H,13-16H2,1H3/b12-11+. The van der Waals surface area contributed by atoms with E-state index in [1.165, 1.54) is 12.8 Å². The molecule has 0 amide bonds. The number of para-hydroxylation sites is 1. The zero-order valence-corrected chi connectivity index (χ0v) is 14.6. The second-order valence-electron chi connectivity index (χ2n) is 6.84. The Labute approximate surface area is 149 Å². The lowest BCUT2D eigenvalue weighted by molar-refractivity contribution is 0.437. The first-order chi connectivity index (χ1) is 12.3. The first-order valence-electron chi connectivity index (χ1n) is 9.04. The van der Waals surface area contributed by atoms with Crippen LogP contribution in [-0.2, 0) is 0 Å². The molecule has 1 saturated heterocycles. The lowest BCUT2D eigenvalue weighted by atomic mass is 9.99. The van der Waals surface area contributed by atoms with Crippen LogP contribution in [0.5, 0.6) is 0 Å².